The maximum absolute atomic E-state index is 12.4. The molecule has 1 amide bonds. The van der Waals surface area contributed by atoms with Crippen molar-refractivity contribution in [1.29, 1.82) is 0 Å². The fourth-order valence-electron chi connectivity index (χ4n) is 3.62. The van der Waals surface area contributed by atoms with Gasteiger partial charge in [0.15, 0.2) is 0 Å². The molecule has 2 heterocycles. The smallest absolute Gasteiger partial charge is 0.250 e. The Hall–Kier alpha value is -4.16. The van der Waals surface area contributed by atoms with Gasteiger partial charge in [0, 0.05) is 16.8 Å². The predicted octanol–water partition coefficient (Wildman–Crippen LogP) is 5.64. The Kier molecular flexibility index (Phi) is 5.74. The van der Waals surface area contributed by atoms with E-state index in [1.165, 1.54) is 6.08 Å². The van der Waals surface area contributed by atoms with Crippen LogP contribution in [0, 0.1) is 0 Å². The molecular weight excluding hydrogens is 434 g/mol. The highest BCUT2D eigenvalue weighted by atomic mass is 35.5. The third-order valence-electron chi connectivity index (χ3n) is 5.22. The standard InChI is InChI=1S/C26H20ClN5O/c27-21-14-12-19(13-15-21)22-17-23(20-9-5-2-6-10-20)32-26(28-22)30-25(31-32)29-24(33)16-11-18-7-3-1-4-8-18/h1-17,23H,(H2,28,29,30,31,33). The second kappa shape index (κ2) is 9.14. The average Bonchev–Trinajstić information content (AvgIpc) is 3.26. The highest BCUT2D eigenvalue weighted by Gasteiger charge is 2.25. The molecule has 0 bridgehead atoms. The summed E-state index contributed by atoms with van der Waals surface area (Å²) in [6, 6.07) is 27.1. The molecule has 0 fully saturated rings. The van der Waals surface area contributed by atoms with E-state index in [9.17, 15) is 4.79 Å². The number of benzene rings is 3. The highest BCUT2D eigenvalue weighted by Crippen LogP contribution is 2.33. The van der Waals surface area contributed by atoms with Crippen LogP contribution >= 0.6 is 11.6 Å². The number of aromatic nitrogens is 3. The monoisotopic (exact) mass is 453 g/mol. The molecule has 1 aliphatic rings. The lowest BCUT2D eigenvalue weighted by atomic mass is 10.0. The molecule has 1 aliphatic heterocycles. The summed E-state index contributed by atoms with van der Waals surface area (Å²) in [7, 11) is 0. The van der Waals surface area contributed by atoms with Crippen LogP contribution in [-0.2, 0) is 4.79 Å². The van der Waals surface area contributed by atoms with Gasteiger partial charge >= 0.3 is 0 Å². The molecule has 0 saturated heterocycles. The Morgan fingerprint density at radius 1 is 0.970 bits per heavy atom. The number of nitrogens with zero attached hydrogens (tertiary/aromatic N) is 3. The van der Waals surface area contributed by atoms with Crippen molar-refractivity contribution in [2.75, 3.05) is 10.6 Å². The van der Waals surface area contributed by atoms with E-state index in [1.54, 1.807) is 10.8 Å². The number of rotatable bonds is 5. The van der Waals surface area contributed by atoms with E-state index in [0.717, 1.165) is 22.4 Å². The number of fused-ring (bicyclic) bond motifs is 1. The predicted molar refractivity (Wildman–Crippen MR) is 132 cm³/mol. The molecule has 33 heavy (non-hydrogen) atoms. The Bertz CT molecular complexity index is 1330. The minimum atomic E-state index is -0.302. The fraction of sp³-hybridized carbons (Fsp3) is 0.0385. The number of halogens is 1. The van der Waals surface area contributed by atoms with Crippen LogP contribution in [0.3, 0.4) is 0 Å². The first-order chi connectivity index (χ1) is 16.2. The summed E-state index contributed by atoms with van der Waals surface area (Å²) in [5, 5.41) is 11.3. The van der Waals surface area contributed by atoms with E-state index in [-0.39, 0.29) is 17.9 Å². The number of hydrogen-bond donors (Lipinski definition) is 2. The molecule has 0 aliphatic carbocycles. The maximum Gasteiger partial charge on any atom is 0.250 e. The molecule has 6 nitrogen and oxygen atoms in total. The number of carbonyl (C=O) groups is 1. The van der Waals surface area contributed by atoms with Crippen LogP contribution in [0.1, 0.15) is 22.7 Å². The van der Waals surface area contributed by atoms with Gasteiger partial charge in [-0.1, -0.05) is 84.4 Å². The first-order valence-corrected chi connectivity index (χ1v) is 10.8. The molecule has 0 spiro atoms. The SMILES string of the molecule is O=C(C=Cc1ccccc1)Nc1nc2n(n1)C(c1ccccc1)C=C(c1ccc(Cl)cc1)N2. The van der Waals surface area contributed by atoms with Crippen molar-refractivity contribution in [2.24, 2.45) is 0 Å². The lowest BCUT2D eigenvalue weighted by Gasteiger charge is -2.24. The van der Waals surface area contributed by atoms with E-state index in [1.807, 2.05) is 84.9 Å². The van der Waals surface area contributed by atoms with Crippen LogP contribution in [0.25, 0.3) is 11.8 Å². The van der Waals surface area contributed by atoms with E-state index in [0.29, 0.717) is 11.0 Å². The fourth-order valence-corrected chi connectivity index (χ4v) is 3.75. The van der Waals surface area contributed by atoms with Crippen LogP contribution in [0.2, 0.25) is 5.02 Å². The summed E-state index contributed by atoms with van der Waals surface area (Å²) in [5.41, 5.74) is 3.86. The summed E-state index contributed by atoms with van der Waals surface area (Å²) < 4.78 is 1.77. The van der Waals surface area contributed by atoms with E-state index in [2.05, 4.69) is 26.8 Å². The minimum Gasteiger partial charge on any atom is -0.324 e. The molecule has 5 rings (SSSR count). The lowest BCUT2D eigenvalue weighted by molar-refractivity contribution is -0.111. The topological polar surface area (TPSA) is 71.8 Å². The second-order valence-corrected chi connectivity index (χ2v) is 7.94. The van der Waals surface area contributed by atoms with Crippen molar-refractivity contribution < 1.29 is 4.79 Å². The number of allylic oxidation sites excluding steroid dienone is 1. The number of nitrogens with one attached hydrogen (secondary N) is 2. The van der Waals surface area contributed by atoms with Gasteiger partial charge in [0.05, 0.1) is 0 Å². The van der Waals surface area contributed by atoms with Crippen LogP contribution in [0.5, 0.6) is 0 Å². The number of hydrogen-bond acceptors (Lipinski definition) is 4. The van der Waals surface area contributed by atoms with Gasteiger partial charge in [0.1, 0.15) is 6.04 Å². The van der Waals surface area contributed by atoms with Crippen molar-refractivity contribution in [1.82, 2.24) is 14.8 Å². The van der Waals surface area contributed by atoms with Gasteiger partial charge in [-0.05, 0) is 41.0 Å². The average molecular weight is 454 g/mol. The molecule has 4 aromatic rings. The molecule has 0 radical (unpaired) electrons. The molecule has 3 aromatic carbocycles. The van der Waals surface area contributed by atoms with Crippen molar-refractivity contribution in [3.05, 3.63) is 119 Å². The Labute approximate surface area is 196 Å². The molecule has 1 atom stereocenters. The first kappa shape index (κ1) is 20.7. The quantitative estimate of drug-likeness (QED) is 0.383. The van der Waals surface area contributed by atoms with Gasteiger partial charge in [-0.25, -0.2) is 4.68 Å². The van der Waals surface area contributed by atoms with Crippen LogP contribution < -0.4 is 10.6 Å². The van der Waals surface area contributed by atoms with Crippen LogP contribution in [-0.4, -0.2) is 20.7 Å². The van der Waals surface area contributed by atoms with E-state index < -0.39 is 0 Å². The van der Waals surface area contributed by atoms with Crippen LogP contribution in [0.4, 0.5) is 11.9 Å². The Morgan fingerprint density at radius 3 is 2.39 bits per heavy atom. The third kappa shape index (κ3) is 4.71. The molecule has 0 saturated carbocycles. The second-order valence-electron chi connectivity index (χ2n) is 7.50. The number of amides is 1. The van der Waals surface area contributed by atoms with Crippen molar-refractivity contribution in [3.8, 4) is 0 Å². The van der Waals surface area contributed by atoms with Gasteiger partial charge in [-0.3, -0.25) is 10.1 Å². The lowest BCUT2D eigenvalue weighted by Crippen LogP contribution is -2.20. The largest absolute Gasteiger partial charge is 0.324 e. The van der Waals surface area contributed by atoms with Gasteiger partial charge in [0.25, 0.3) is 11.9 Å². The Balaban J connectivity index is 1.43. The normalized spacial score (nSPS) is 14.9. The Morgan fingerprint density at radius 2 is 1.67 bits per heavy atom. The van der Waals surface area contributed by atoms with E-state index >= 15 is 0 Å². The van der Waals surface area contributed by atoms with Crippen molar-refractivity contribution in [3.63, 3.8) is 0 Å². The van der Waals surface area contributed by atoms with Gasteiger partial charge in [0.2, 0.25) is 5.95 Å². The molecule has 2 N–H and O–H groups in total. The maximum atomic E-state index is 12.4. The summed E-state index contributed by atoms with van der Waals surface area (Å²) in [6.07, 6.45) is 5.30. The van der Waals surface area contributed by atoms with Gasteiger partial charge < -0.3 is 5.32 Å². The van der Waals surface area contributed by atoms with E-state index in [4.69, 9.17) is 11.6 Å². The van der Waals surface area contributed by atoms with Crippen LogP contribution in [0.15, 0.2) is 97.1 Å². The molecular formula is C26H20ClN5O. The zero-order valence-corrected chi connectivity index (χ0v) is 18.3. The molecule has 1 unspecified atom stereocenters. The van der Waals surface area contributed by atoms with Crippen molar-refractivity contribution in [2.45, 2.75) is 6.04 Å². The van der Waals surface area contributed by atoms with Crippen molar-refractivity contribution >= 4 is 41.2 Å². The van der Waals surface area contributed by atoms with Gasteiger partial charge in [-0.2, -0.15) is 4.98 Å². The van der Waals surface area contributed by atoms with Gasteiger partial charge in [-0.15, -0.1) is 5.10 Å². The molecule has 162 valence electrons. The number of carbonyl (C=O) groups excluding carboxylic acids is 1. The summed E-state index contributed by atoms with van der Waals surface area (Å²) in [6.45, 7) is 0. The minimum absolute atomic E-state index is 0.189. The summed E-state index contributed by atoms with van der Waals surface area (Å²) >= 11 is 6.06. The summed E-state index contributed by atoms with van der Waals surface area (Å²) in [4.78, 5) is 17.0. The highest BCUT2D eigenvalue weighted by molar-refractivity contribution is 6.30. The summed E-state index contributed by atoms with van der Waals surface area (Å²) in [5.74, 6) is 0.467. The molecule has 7 heteroatoms. The molecule has 1 aromatic heterocycles. The first-order valence-electron chi connectivity index (χ1n) is 10.5. The zero-order valence-electron chi connectivity index (χ0n) is 17.5. The zero-order chi connectivity index (χ0) is 22.6. The third-order valence-corrected chi connectivity index (χ3v) is 5.48. The number of anilines is 2.